The number of hydrogen-bond donors (Lipinski definition) is 2. The molecule has 2 N–H and O–H groups in total. The number of aromatic amines is 1. The van der Waals surface area contributed by atoms with Crippen molar-refractivity contribution in [2.75, 3.05) is 6.61 Å². The van der Waals surface area contributed by atoms with Crippen molar-refractivity contribution in [3.8, 4) is 0 Å². The van der Waals surface area contributed by atoms with Crippen molar-refractivity contribution < 1.29 is 19.1 Å². The molecule has 1 fully saturated rings. The van der Waals surface area contributed by atoms with E-state index in [1.807, 2.05) is 6.92 Å². The van der Waals surface area contributed by atoms with E-state index in [4.69, 9.17) is 4.74 Å². The number of ketones is 1. The van der Waals surface area contributed by atoms with Gasteiger partial charge in [-0.05, 0) is 52.0 Å². The van der Waals surface area contributed by atoms with Crippen molar-refractivity contribution in [3.05, 3.63) is 22.5 Å². The monoisotopic (exact) mass is 306 g/mol. The lowest BCUT2D eigenvalue weighted by molar-refractivity contribution is -0.125. The highest BCUT2D eigenvalue weighted by molar-refractivity contribution is 6.01. The number of aryl methyl sites for hydroxylation is 1. The predicted octanol–water partition coefficient (Wildman–Crippen LogP) is 1.91. The number of rotatable bonds is 6. The molecule has 1 unspecified atom stereocenters. The van der Waals surface area contributed by atoms with Gasteiger partial charge in [-0.2, -0.15) is 0 Å². The van der Waals surface area contributed by atoms with Gasteiger partial charge in [-0.1, -0.05) is 0 Å². The number of H-pyrrole nitrogens is 1. The van der Waals surface area contributed by atoms with Gasteiger partial charge in [-0.15, -0.1) is 0 Å². The number of carbonyl (C=O) groups is 3. The van der Waals surface area contributed by atoms with Gasteiger partial charge >= 0.3 is 5.97 Å². The van der Waals surface area contributed by atoms with Gasteiger partial charge < -0.3 is 15.0 Å². The van der Waals surface area contributed by atoms with Crippen LogP contribution in [0.4, 0.5) is 0 Å². The number of nitrogens with one attached hydrogen (secondary N) is 2. The number of carbonyl (C=O) groups excluding carboxylic acids is 3. The van der Waals surface area contributed by atoms with Crippen LogP contribution in [0.1, 0.15) is 58.8 Å². The van der Waals surface area contributed by atoms with Gasteiger partial charge in [-0.25, -0.2) is 4.79 Å². The molecule has 0 spiro atoms. The lowest BCUT2D eigenvalue weighted by Crippen LogP contribution is -2.37. The average Bonchev–Trinajstić information content (AvgIpc) is 3.22. The van der Waals surface area contributed by atoms with Gasteiger partial charge in [-0.3, -0.25) is 9.59 Å². The molecule has 0 radical (unpaired) electrons. The molecule has 1 amide bonds. The first kappa shape index (κ1) is 16.3. The zero-order valence-corrected chi connectivity index (χ0v) is 13.4. The number of esters is 1. The molecule has 1 aromatic rings. The second-order valence-electron chi connectivity index (χ2n) is 5.95. The first-order valence-electron chi connectivity index (χ1n) is 7.47. The molecule has 1 atom stereocenters. The number of aromatic nitrogens is 1. The Kier molecular flexibility index (Phi) is 4.68. The summed E-state index contributed by atoms with van der Waals surface area (Å²) in [6, 6.07) is 0.116. The average molecular weight is 306 g/mol. The van der Waals surface area contributed by atoms with Gasteiger partial charge in [0.2, 0.25) is 0 Å². The third kappa shape index (κ3) is 3.55. The zero-order chi connectivity index (χ0) is 16.4. The summed E-state index contributed by atoms with van der Waals surface area (Å²) in [5.74, 6) is -0.491. The van der Waals surface area contributed by atoms with Crippen molar-refractivity contribution in [2.24, 2.45) is 5.92 Å². The summed E-state index contributed by atoms with van der Waals surface area (Å²) < 4.78 is 5.03. The van der Waals surface area contributed by atoms with Crippen LogP contribution < -0.4 is 5.32 Å². The largest absolute Gasteiger partial charge is 0.451 e. The summed E-state index contributed by atoms with van der Waals surface area (Å²) in [5.41, 5.74) is 1.91. The minimum Gasteiger partial charge on any atom is -0.451 e. The number of hydrogen-bond acceptors (Lipinski definition) is 4. The summed E-state index contributed by atoms with van der Waals surface area (Å²) in [7, 11) is 0. The molecule has 0 aromatic carbocycles. The van der Waals surface area contributed by atoms with Gasteiger partial charge in [0.1, 0.15) is 5.69 Å². The second-order valence-corrected chi connectivity index (χ2v) is 5.95. The van der Waals surface area contributed by atoms with Crippen LogP contribution in [0.5, 0.6) is 0 Å². The van der Waals surface area contributed by atoms with Gasteiger partial charge in [0.25, 0.3) is 5.91 Å². The smallest absolute Gasteiger partial charge is 0.355 e. The summed E-state index contributed by atoms with van der Waals surface area (Å²) in [4.78, 5) is 38.2. The maximum absolute atomic E-state index is 12.0. The van der Waals surface area contributed by atoms with E-state index in [-0.39, 0.29) is 30.0 Å². The van der Waals surface area contributed by atoms with E-state index in [1.54, 1.807) is 13.8 Å². The quantitative estimate of drug-likeness (QED) is 0.620. The minimum absolute atomic E-state index is 0.110. The summed E-state index contributed by atoms with van der Waals surface area (Å²) in [6.45, 7) is 6.50. The molecular weight excluding hydrogens is 284 g/mol. The van der Waals surface area contributed by atoms with Gasteiger partial charge in [0.05, 0.1) is 0 Å². The molecule has 1 aromatic heterocycles. The van der Waals surface area contributed by atoms with E-state index in [9.17, 15) is 14.4 Å². The molecule has 6 nitrogen and oxygen atoms in total. The Morgan fingerprint density at radius 3 is 2.45 bits per heavy atom. The van der Waals surface area contributed by atoms with E-state index in [2.05, 4.69) is 10.3 Å². The molecule has 0 bridgehead atoms. The Balaban J connectivity index is 1.93. The second kappa shape index (κ2) is 6.34. The molecule has 1 aliphatic rings. The SMILES string of the molecule is CC(=O)c1c(C)[nH]c(C(=O)OCC(=O)NC(C)C2CC2)c1C. The lowest BCUT2D eigenvalue weighted by atomic mass is 10.1. The number of amides is 1. The highest BCUT2D eigenvalue weighted by atomic mass is 16.5. The standard InChI is InChI=1S/C16H22N2O4/c1-8-14(11(4)19)10(3)18-15(8)16(21)22-7-13(20)17-9(2)12-5-6-12/h9,12,18H,5-7H2,1-4H3,(H,17,20). The third-order valence-electron chi connectivity index (χ3n) is 4.05. The van der Waals surface area contributed by atoms with Crippen LogP contribution in [0.15, 0.2) is 0 Å². The van der Waals surface area contributed by atoms with Crippen LogP contribution in [-0.2, 0) is 9.53 Å². The van der Waals surface area contributed by atoms with E-state index in [0.717, 1.165) is 12.8 Å². The number of Topliss-reactive ketones (excluding diaryl/α,β-unsaturated/α-hetero) is 1. The van der Waals surface area contributed by atoms with Crippen molar-refractivity contribution in [3.63, 3.8) is 0 Å². The third-order valence-corrected chi connectivity index (χ3v) is 4.05. The highest BCUT2D eigenvalue weighted by Crippen LogP contribution is 2.32. The predicted molar refractivity (Wildman–Crippen MR) is 80.9 cm³/mol. The Morgan fingerprint density at radius 2 is 1.95 bits per heavy atom. The normalized spacial score (nSPS) is 15.3. The van der Waals surface area contributed by atoms with Crippen molar-refractivity contribution in [1.29, 1.82) is 0 Å². The molecule has 6 heteroatoms. The van der Waals surface area contributed by atoms with E-state index < -0.39 is 5.97 Å². The topological polar surface area (TPSA) is 88.3 Å². The fourth-order valence-electron chi connectivity index (χ4n) is 2.70. The highest BCUT2D eigenvalue weighted by Gasteiger charge is 2.29. The molecule has 1 aliphatic carbocycles. The fourth-order valence-corrected chi connectivity index (χ4v) is 2.70. The van der Waals surface area contributed by atoms with Crippen LogP contribution in [0.25, 0.3) is 0 Å². The van der Waals surface area contributed by atoms with Crippen LogP contribution in [0, 0.1) is 19.8 Å². The Morgan fingerprint density at radius 1 is 1.32 bits per heavy atom. The van der Waals surface area contributed by atoms with Crippen LogP contribution >= 0.6 is 0 Å². The fraction of sp³-hybridized carbons (Fsp3) is 0.562. The molecule has 1 heterocycles. The summed E-state index contributed by atoms with van der Waals surface area (Å²) >= 11 is 0. The molecule has 2 rings (SSSR count). The molecule has 22 heavy (non-hydrogen) atoms. The van der Waals surface area contributed by atoms with Crippen LogP contribution in [-0.4, -0.2) is 35.3 Å². The lowest BCUT2D eigenvalue weighted by Gasteiger charge is -2.12. The van der Waals surface area contributed by atoms with E-state index >= 15 is 0 Å². The maximum atomic E-state index is 12.0. The minimum atomic E-state index is -0.623. The molecule has 1 saturated carbocycles. The van der Waals surface area contributed by atoms with Crippen molar-refractivity contribution in [2.45, 2.75) is 46.6 Å². The van der Waals surface area contributed by atoms with E-state index in [1.165, 1.54) is 6.92 Å². The Labute approximate surface area is 129 Å². The van der Waals surface area contributed by atoms with E-state index in [0.29, 0.717) is 22.7 Å². The summed E-state index contributed by atoms with van der Waals surface area (Å²) in [5, 5.41) is 2.82. The first-order chi connectivity index (χ1) is 10.3. The van der Waals surface area contributed by atoms with Crippen molar-refractivity contribution in [1.82, 2.24) is 10.3 Å². The molecule has 120 valence electrons. The van der Waals surface area contributed by atoms with Gasteiger partial charge in [0.15, 0.2) is 12.4 Å². The van der Waals surface area contributed by atoms with Crippen molar-refractivity contribution >= 4 is 17.7 Å². The van der Waals surface area contributed by atoms with Crippen LogP contribution in [0.3, 0.4) is 0 Å². The molecule has 0 saturated heterocycles. The number of ether oxygens (including phenoxy) is 1. The molecular formula is C16H22N2O4. The summed E-state index contributed by atoms with van der Waals surface area (Å²) in [6.07, 6.45) is 2.27. The molecule has 0 aliphatic heterocycles. The zero-order valence-electron chi connectivity index (χ0n) is 13.4. The Bertz CT molecular complexity index is 614. The Hall–Kier alpha value is -2.11. The maximum Gasteiger partial charge on any atom is 0.355 e. The first-order valence-corrected chi connectivity index (χ1v) is 7.47. The van der Waals surface area contributed by atoms with Crippen LogP contribution in [0.2, 0.25) is 0 Å². The van der Waals surface area contributed by atoms with Gasteiger partial charge in [0, 0.05) is 17.3 Å².